The Morgan fingerprint density at radius 1 is 0.789 bits per heavy atom. The summed E-state index contributed by atoms with van der Waals surface area (Å²) in [5.41, 5.74) is 5.18. The lowest BCUT2D eigenvalue weighted by Crippen LogP contribution is -2.27. The Hall–Kier alpha value is -4.16. The van der Waals surface area contributed by atoms with E-state index < -0.39 is 11.7 Å². The first kappa shape index (κ1) is 25.5. The molecule has 192 valence electrons. The van der Waals surface area contributed by atoms with Crippen molar-refractivity contribution in [1.82, 2.24) is 4.90 Å². The van der Waals surface area contributed by atoms with Gasteiger partial charge in [-0.25, -0.2) is 0 Å². The van der Waals surface area contributed by atoms with Gasteiger partial charge in [0.15, 0.2) is 0 Å². The Kier molecular flexibility index (Phi) is 7.43. The smallest absolute Gasteiger partial charge is 0.322 e. The van der Waals surface area contributed by atoms with Gasteiger partial charge in [-0.15, -0.1) is 0 Å². The van der Waals surface area contributed by atoms with Crippen molar-refractivity contribution in [2.24, 2.45) is 0 Å². The maximum atomic E-state index is 13.1. The topological polar surface area (TPSA) is 32.3 Å². The molecule has 38 heavy (non-hydrogen) atoms. The largest absolute Gasteiger partial charge is 0.416 e. The van der Waals surface area contributed by atoms with Crippen LogP contribution in [0.3, 0.4) is 0 Å². The number of halogens is 3. The number of hydrogen-bond acceptors (Lipinski definition) is 2. The molecule has 0 spiro atoms. The average molecular weight is 513 g/mol. The standard InChI is InChI=1S/C32H27F3N2O/c33-32(34,35)27-14-10-26(11-15-27)29-8-4-5-9-30(29)31(38)36-28-16-12-24(13-17-28)25-18-20-37(21-19-25)22-23-6-2-1-3-7-23/h1-18H,19-22H2,(H,36,38). The van der Waals surface area contributed by atoms with Crippen LogP contribution in [0.5, 0.6) is 0 Å². The fourth-order valence-corrected chi connectivity index (χ4v) is 4.70. The van der Waals surface area contributed by atoms with Crippen molar-refractivity contribution in [2.45, 2.75) is 19.1 Å². The number of nitrogens with zero attached hydrogens (tertiary/aromatic N) is 1. The van der Waals surface area contributed by atoms with E-state index in [0.29, 0.717) is 22.4 Å². The van der Waals surface area contributed by atoms with E-state index in [0.717, 1.165) is 43.8 Å². The summed E-state index contributed by atoms with van der Waals surface area (Å²) in [5.74, 6) is -0.318. The summed E-state index contributed by atoms with van der Waals surface area (Å²) in [6, 6.07) is 30.0. The van der Waals surface area contributed by atoms with Gasteiger partial charge in [-0.1, -0.05) is 78.9 Å². The minimum Gasteiger partial charge on any atom is -0.322 e. The van der Waals surface area contributed by atoms with Crippen LogP contribution in [0.2, 0.25) is 0 Å². The van der Waals surface area contributed by atoms with Crippen LogP contribution in [0.15, 0.2) is 109 Å². The predicted molar refractivity (Wildman–Crippen MR) is 146 cm³/mol. The first-order valence-electron chi connectivity index (χ1n) is 12.5. The van der Waals surface area contributed by atoms with Crippen LogP contribution >= 0.6 is 0 Å². The molecule has 3 nitrogen and oxygen atoms in total. The SMILES string of the molecule is O=C(Nc1ccc(C2=CCN(Cc3ccccc3)CC2)cc1)c1ccccc1-c1ccc(C(F)(F)F)cc1. The Morgan fingerprint density at radius 3 is 2.11 bits per heavy atom. The van der Waals surface area contributed by atoms with Gasteiger partial charge in [-0.2, -0.15) is 13.2 Å². The maximum absolute atomic E-state index is 13.1. The lowest BCUT2D eigenvalue weighted by molar-refractivity contribution is -0.137. The Balaban J connectivity index is 1.24. The van der Waals surface area contributed by atoms with Crippen molar-refractivity contribution in [3.63, 3.8) is 0 Å². The summed E-state index contributed by atoms with van der Waals surface area (Å²) in [6.07, 6.45) is -1.18. The molecule has 4 aromatic rings. The number of carbonyl (C=O) groups excluding carboxylic acids is 1. The molecule has 0 saturated heterocycles. The van der Waals surface area contributed by atoms with E-state index >= 15 is 0 Å². The van der Waals surface area contributed by atoms with E-state index in [-0.39, 0.29) is 5.91 Å². The summed E-state index contributed by atoms with van der Waals surface area (Å²) in [4.78, 5) is 15.5. The van der Waals surface area contributed by atoms with Gasteiger partial charge in [-0.05, 0) is 64.6 Å². The van der Waals surface area contributed by atoms with Crippen LogP contribution in [-0.4, -0.2) is 23.9 Å². The summed E-state index contributed by atoms with van der Waals surface area (Å²) >= 11 is 0. The van der Waals surface area contributed by atoms with Crippen molar-refractivity contribution in [2.75, 3.05) is 18.4 Å². The van der Waals surface area contributed by atoms with Crippen LogP contribution in [0.4, 0.5) is 18.9 Å². The fourth-order valence-electron chi connectivity index (χ4n) is 4.70. The van der Waals surface area contributed by atoms with Crippen molar-refractivity contribution >= 4 is 17.2 Å². The fraction of sp³-hybridized carbons (Fsp3) is 0.156. The van der Waals surface area contributed by atoms with Gasteiger partial charge in [0.2, 0.25) is 0 Å². The summed E-state index contributed by atoms with van der Waals surface area (Å²) in [6.45, 7) is 2.81. The molecule has 1 aliphatic rings. The minimum atomic E-state index is -4.41. The zero-order valence-electron chi connectivity index (χ0n) is 20.7. The molecule has 1 N–H and O–H groups in total. The monoisotopic (exact) mass is 512 g/mol. The van der Waals surface area contributed by atoms with Crippen LogP contribution in [-0.2, 0) is 12.7 Å². The zero-order valence-corrected chi connectivity index (χ0v) is 20.7. The van der Waals surface area contributed by atoms with Gasteiger partial charge in [0, 0.05) is 30.9 Å². The van der Waals surface area contributed by atoms with Crippen LogP contribution in [0, 0.1) is 0 Å². The third kappa shape index (κ3) is 6.03. The summed E-state index contributed by atoms with van der Waals surface area (Å²) in [5, 5.41) is 2.92. The quantitative estimate of drug-likeness (QED) is 0.285. The second-order valence-corrected chi connectivity index (χ2v) is 9.35. The van der Waals surface area contributed by atoms with Gasteiger partial charge in [0.25, 0.3) is 5.91 Å². The van der Waals surface area contributed by atoms with E-state index in [1.165, 1.54) is 23.3 Å². The van der Waals surface area contributed by atoms with Crippen LogP contribution in [0.1, 0.15) is 33.5 Å². The van der Waals surface area contributed by atoms with Gasteiger partial charge >= 0.3 is 6.18 Å². The van der Waals surface area contributed by atoms with E-state index in [2.05, 4.69) is 40.6 Å². The molecular formula is C32H27F3N2O. The lowest BCUT2D eigenvalue weighted by Gasteiger charge is -2.26. The molecule has 0 radical (unpaired) electrons. The lowest BCUT2D eigenvalue weighted by atomic mass is 9.97. The molecule has 0 atom stereocenters. The molecule has 0 saturated carbocycles. The van der Waals surface area contributed by atoms with E-state index in [1.54, 1.807) is 24.3 Å². The molecule has 0 aliphatic carbocycles. The number of rotatable bonds is 6. The van der Waals surface area contributed by atoms with E-state index in [9.17, 15) is 18.0 Å². The highest BCUT2D eigenvalue weighted by atomic mass is 19.4. The molecule has 4 aromatic carbocycles. The second kappa shape index (κ2) is 11.1. The van der Waals surface area contributed by atoms with Crippen molar-refractivity contribution in [3.8, 4) is 11.1 Å². The highest BCUT2D eigenvalue weighted by molar-refractivity contribution is 6.08. The number of benzene rings is 4. The average Bonchev–Trinajstić information content (AvgIpc) is 2.94. The third-order valence-corrected chi connectivity index (χ3v) is 6.75. The highest BCUT2D eigenvalue weighted by Crippen LogP contribution is 2.32. The zero-order chi connectivity index (χ0) is 26.5. The van der Waals surface area contributed by atoms with Crippen LogP contribution < -0.4 is 5.32 Å². The molecular weight excluding hydrogens is 485 g/mol. The number of carbonyl (C=O) groups is 1. The number of anilines is 1. The Morgan fingerprint density at radius 2 is 1.45 bits per heavy atom. The third-order valence-electron chi connectivity index (χ3n) is 6.75. The predicted octanol–water partition coefficient (Wildman–Crippen LogP) is 7.91. The second-order valence-electron chi connectivity index (χ2n) is 9.35. The molecule has 1 amide bonds. The Labute approximate surface area is 220 Å². The van der Waals surface area contributed by atoms with E-state index in [4.69, 9.17) is 0 Å². The van der Waals surface area contributed by atoms with Crippen LogP contribution in [0.25, 0.3) is 16.7 Å². The van der Waals surface area contributed by atoms with Gasteiger partial charge in [0.1, 0.15) is 0 Å². The van der Waals surface area contributed by atoms with Crippen molar-refractivity contribution in [3.05, 3.63) is 131 Å². The molecule has 0 fully saturated rings. The van der Waals surface area contributed by atoms with Gasteiger partial charge < -0.3 is 5.32 Å². The van der Waals surface area contributed by atoms with Crippen molar-refractivity contribution in [1.29, 1.82) is 0 Å². The summed E-state index contributed by atoms with van der Waals surface area (Å²) < 4.78 is 38.8. The van der Waals surface area contributed by atoms with Gasteiger partial charge in [-0.3, -0.25) is 9.69 Å². The molecule has 0 unspecified atom stereocenters. The van der Waals surface area contributed by atoms with E-state index in [1.807, 2.05) is 30.3 Å². The molecule has 5 rings (SSSR count). The first-order valence-corrected chi connectivity index (χ1v) is 12.5. The molecule has 6 heteroatoms. The number of alkyl halides is 3. The molecule has 0 aromatic heterocycles. The molecule has 0 bridgehead atoms. The first-order chi connectivity index (χ1) is 18.4. The minimum absolute atomic E-state index is 0.318. The molecule has 1 heterocycles. The Bertz CT molecular complexity index is 1430. The molecule has 1 aliphatic heterocycles. The number of hydrogen-bond donors (Lipinski definition) is 1. The van der Waals surface area contributed by atoms with Crippen molar-refractivity contribution < 1.29 is 18.0 Å². The van der Waals surface area contributed by atoms with Gasteiger partial charge in [0.05, 0.1) is 5.56 Å². The number of amides is 1. The maximum Gasteiger partial charge on any atom is 0.416 e. The summed E-state index contributed by atoms with van der Waals surface area (Å²) in [7, 11) is 0. The number of nitrogens with one attached hydrogen (secondary N) is 1. The highest BCUT2D eigenvalue weighted by Gasteiger charge is 2.30. The normalized spacial score (nSPS) is 14.1.